The number of ketones is 1. The molecule has 0 spiro atoms. The van der Waals surface area contributed by atoms with Gasteiger partial charge in [0.1, 0.15) is 0 Å². The molecule has 4 rings (SSSR count). The average Bonchev–Trinajstić information content (AvgIpc) is 3.13. The van der Waals surface area contributed by atoms with E-state index >= 15 is 0 Å². The van der Waals surface area contributed by atoms with Crippen molar-refractivity contribution in [2.75, 3.05) is 13.4 Å². The predicted molar refractivity (Wildman–Crippen MR) is 107 cm³/mol. The minimum Gasteiger partial charge on any atom is -0.463 e. The first-order valence-electron chi connectivity index (χ1n) is 10.2. The molecule has 0 unspecified atom stereocenters. The third kappa shape index (κ3) is 3.41. The van der Waals surface area contributed by atoms with Crippen LogP contribution >= 0.6 is 0 Å². The van der Waals surface area contributed by atoms with Crippen molar-refractivity contribution in [2.24, 2.45) is 5.41 Å². The summed E-state index contributed by atoms with van der Waals surface area (Å²) in [5.41, 5.74) is 3.63. The largest absolute Gasteiger partial charge is 0.463 e. The van der Waals surface area contributed by atoms with Crippen LogP contribution < -0.4 is 14.8 Å². The molecule has 0 amide bonds. The number of hydrogen-bond donors (Lipinski definition) is 1. The van der Waals surface area contributed by atoms with Gasteiger partial charge in [0.15, 0.2) is 17.3 Å². The number of carbonyl (C=O) groups excluding carboxylic acids is 2. The second-order valence-corrected chi connectivity index (χ2v) is 8.47. The third-order valence-electron chi connectivity index (χ3n) is 5.70. The van der Waals surface area contributed by atoms with Crippen molar-refractivity contribution >= 4 is 11.8 Å². The van der Waals surface area contributed by atoms with E-state index in [9.17, 15) is 9.59 Å². The highest BCUT2D eigenvalue weighted by atomic mass is 16.7. The van der Waals surface area contributed by atoms with Crippen LogP contribution in [-0.2, 0) is 14.3 Å². The minimum atomic E-state index is -0.474. The van der Waals surface area contributed by atoms with Crippen molar-refractivity contribution in [3.8, 4) is 11.5 Å². The molecule has 0 radical (unpaired) electrons. The summed E-state index contributed by atoms with van der Waals surface area (Å²) in [5.74, 6) is 0.517. The smallest absolute Gasteiger partial charge is 0.336 e. The van der Waals surface area contributed by atoms with Gasteiger partial charge in [0.05, 0.1) is 12.2 Å². The number of allylic oxidation sites excluding steroid dienone is 3. The van der Waals surface area contributed by atoms with Crippen LogP contribution in [0.1, 0.15) is 58.4 Å². The van der Waals surface area contributed by atoms with E-state index in [2.05, 4.69) is 19.2 Å². The van der Waals surface area contributed by atoms with Gasteiger partial charge in [0, 0.05) is 29.3 Å². The molecule has 3 aliphatic rings. The van der Waals surface area contributed by atoms with Crippen LogP contribution in [0.3, 0.4) is 0 Å². The van der Waals surface area contributed by atoms with Crippen molar-refractivity contribution in [1.82, 2.24) is 5.32 Å². The zero-order valence-corrected chi connectivity index (χ0v) is 17.4. The first-order chi connectivity index (χ1) is 13.8. The summed E-state index contributed by atoms with van der Waals surface area (Å²) in [5, 5.41) is 3.41. The standard InChI is InChI=1S/C23H27NO5/c1-5-14-21(22(26)27-6-2)19(13-7-8-17-18(9-13)29-12-28-17)20-15(24-14)10-23(3,4)11-16(20)25/h7-9,19,24H,5-6,10-12H2,1-4H3/t19-/m1/s1. The van der Waals surface area contributed by atoms with E-state index in [4.69, 9.17) is 14.2 Å². The van der Waals surface area contributed by atoms with Crippen LogP contribution in [0.2, 0.25) is 0 Å². The molecule has 0 fully saturated rings. The van der Waals surface area contributed by atoms with Crippen LogP contribution in [0.25, 0.3) is 0 Å². The van der Waals surface area contributed by atoms with E-state index in [1.165, 1.54) is 0 Å². The highest BCUT2D eigenvalue weighted by Gasteiger charge is 2.43. The molecule has 6 nitrogen and oxygen atoms in total. The van der Waals surface area contributed by atoms with E-state index in [0.717, 1.165) is 23.4 Å². The molecule has 1 N–H and O–H groups in total. The molecule has 1 atom stereocenters. The average molecular weight is 397 g/mol. The molecule has 0 aromatic heterocycles. The molecule has 6 heteroatoms. The Labute approximate surface area is 170 Å². The maximum Gasteiger partial charge on any atom is 0.336 e. The molecule has 1 aromatic carbocycles. The predicted octanol–water partition coefficient (Wildman–Crippen LogP) is 3.97. The number of esters is 1. The fourth-order valence-corrected chi connectivity index (χ4v) is 4.50. The van der Waals surface area contributed by atoms with Gasteiger partial charge in [-0.2, -0.15) is 0 Å². The summed E-state index contributed by atoms with van der Waals surface area (Å²) in [6.07, 6.45) is 1.85. The molecule has 29 heavy (non-hydrogen) atoms. The lowest BCUT2D eigenvalue weighted by Gasteiger charge is -2.40. The van der Waals surface area contributed by atoms with Crippen molar-refractivity contribution in [1.29, 1.82) is 0 Å². The molecular formula is C23H27NO5. The fraction of sp³-hybridized carbons (Fsp3) is 0.478. The lowest BCUT2D eigenvalue weighted by molar-refractivity contribution is -0.138. The van der Waals surface area contributed by atoms with Crippen LogP contribution in [-0.4, -0.2) is 25.2 Å². The van der Waals surface area contributed by atoms with Gasteiger partial charge in [-0.1, -0.05) is 26.8 Å². The summed E-state index contributed by atoms with van der Waals surface area (Å²) in [6, 6.07) is 5.63. The Balaban J connectivity index is 1.89. The molecule has 0 saturated heterocycles. The Morgan fingerprint density at radius 2 is 1.97 bits per heavy atom. The van der Waals surface area contributed by atoms with Gasteiger partial charge in [-0.25, -0.2) is 4.79 Å². The summed E-state index contributed by atoms with van der Waals surface area (Å²) in [7, 11) is 0. The van der Waals surface area contributed by atoms with Crippen LogP contribution in [0, 0.1) is 5.41 Å². The first-order valence-corrected chi connectivity index (χ1v) is 10.2. The zero-order chi connectivity index (χ0) is 20.8. The zero-order valence-electron chi connectivity index (χ0n) is 17.4. The van der Waals surface area contributed by atoms with E-state index in [0.29, 0.717) is 35.5 Å². The summed E-state index contributed by atoms with van der Waals surface area (Å²) >= 11 is 0. The number of rotatable bonds is 4. The second-order valence-electron chi connectivity index (χ2n) is 8.47. The monoisotopic (exact) mass is 397 g/mol. The number of fused-ring (bicyclic) bond motifs is 1. The van der Waals surface area contributed by atoms with Gasteiger partial charge < -0.3 is 19.5 Å². The summed E-state index contributed by atoms with van der Waals surface area (Å²) < 4.78 is 16.4. The first kappa shape index (κ1) is 19.6. The normalized spacial score (nSPS) is 22.3. The van der Waals surface area contributed by atoms with Gasteiger partial charge in [-0.05, 0) is 42.9 Å². The molecule has 1 aromatic rings. The lowest BCUT2D eigenvalue weighted by atomic mass is 9.68. The number of dihydropyridines is 1. The number of ether oxygens (including phenoxy) is 3. The molecule has 1 aliphatic carbocycles. The number of Topliss-reactive ketones (excluding diaryl/α,β-unsaturated/α-hetero) is 1. The van der Waals surface area contributed by atoms with Crippen molar-refractivity contribution in [3.05, 3.63) is 46.3 Å². The lowest BCUT2D eigenvalue weighted by Crippen LogP contribution is -2.39. The highest BCUT2D eigenvalue weighted by molar-refractivity contribution is 6.04. The van der Waals surface area contributed by atoms with E-state index < -0.39 is 5.92 Å². The number of benzene rings is 1. The topological polar surface area (TPSA) is 73.9 Å². The molecule has 2 aliphatic heterocycles. The van der Waals surface area contributed by atoms with Crippen molar-refractivity contribution < 1.29 is 23.8 Å². The fourth-order valence-electron chi connectivity index (χ4n) is 4.50. The highest BCUT2D eigenvalue weighted by Crippen LogP contribution is 2.48. The summed E-state index contributed by atoms with van der Waals surface area (Å²) in [4.78, 5) is 26.2. The van der Waals surface area contributed by atoms with Crippen molar-refractivity contribution in [3.63, 3.8) is 0 Å². The van der Waals surface area contributed by atoms with Gasteiger partial charge in [-0.3, -0.25) is 4.79 Å². The van der Waals surface area contributed by atoms with Gasteiger partial charge in [-0.15, -0.1) is 0 Å². The Bertz CT molecular complexity index is 941. The second kappa shape index (κ2) is 7.25. The Hall–Kier alpha value is -2.76. The van der Waals surface area contributed by atoms with E-state index in [-0.39, 0.29) is 30.6 Å². The maximum absolute atomic E-state index is 13.3. The Kier molecular flexibility index (Phi) is 4.89. The van der Waals surface area contributed by atoms with Crippen LogP contribution in [0.15, 0.2) is 40.7 Å². The van der Waals surface area contributed by atoms with E-state index in [1.807, 2.05) is 25.1 Å². The van der Waals surface area contributed by atoms with E-state index in [1.54, 1.807) is 6.92 Å². The molecule has 0 saturated carbocycles. The van der Waals surface area contributed by atoms with Gasteiger partial charge >= 0.3 is 5.97 Å². The SMILES string of the molecule is CCOC(=O)C1=C(CC)NC2=C(C(=O)CC(C)(C)C2)[C@H]1c1ccc2c(c1)OCO2. The van der Waals surface area contributed by atoms with Crippen LogP contribution in [0.4, 0.5) is 0 Å². The van der Waals surface area contributed by atoms with Gasteiger partial charge in [0.2, 0.25) is 6.79 Å². The number of hydrogen-bond acceptors (Lipinski definition) is 6. The molecule has 154 valence electrons. The third-order valence-corrected chi connectivity index (χ3v) is 5.70. The number of carbonyl (C=O) groups is 2. The molecular weight excluding hydrogens is 370 g/mol. The van der Waals surface area contributed by atoms with Crippen molar-refractivity contribution in [2.45, 2.75) is 52.9 Å². The summed E-state index contributed by atoms with van der Waals surface area (Å²) in [6.45, 7) is 8.44. The quantitative estimate of drug-likeness (QED) is 0.775. The Morgan fingerprint density at radius 3 is 2.69 bits per heavy atom. The Morgan fingerprint density at radius 1 is 1.21 bits per heavy atom. The maximum atomic E-state index is 13.3. The number of nitrogens with one attached hydrogen (secondary N) is 1. The van der Waals surface area contributed by atoms with Gasteiger partial charge in [0.25, 0.3) is 0 Å². The molecule has 0 bridgehead atoms. The van der Waals surface area contributed by atoms with Crippen LogP contribution in [0.5, 0.6) is 11.5 Å². The molecule has 2 heterocycles. The minimum absolute atomic E-state index is 0.0726.